The average Bonchev–Trinajstić information content (AvgIpc) is 2.94. The molecule has 3 aliphatic rings. The summed E-state index contributed by atoms with van der Waals surface area (Å²) in [6, 6.07) is 0.341. The summed E-state index contributed by atoms with van der Waals surface area (Å²) in [4.78, 5) is 12.0. The van der Waals surface area contributed by atoms with Gasteiger partial charge in [0.05, 0.1) is 12.5 Å². The molecule has 3 nitrogen and oxygen atoms in total. The molecule has 0 radical (unpaired) electrons. The molecule has 0 aromatic rings. The van der Waals surface area contributed by atoms with E-state index in [2.05, 4.69) is 0 Å². The fourth-order valence-corrected chi connectivity index (χ4v) is 5.08. The molecule has 3 saturated carbocycles. The molecule has 102 valence electrons. The van der Waals surface area contributed by atoms with Gasteiger partial charge in [0.2, 0.25) is 0 Å². The second-order valence-corrected chi connectivity index (χ2v) is 6.57. The highest BCUT2D eigenvalue weighted by molar-refractivity contribution is 5.72. The fourth-order valence-electron chi connectivity index (χ4n) is 5.08. The molecule has 0 aliphatic heterocycles. The molecule has 0 heterocycles. The summed E-state index contributed by atoms with van der Waals surface area (Å²) in [5.74, 6) is 1.65. The average molecular weight is 251 g/mol. The Hall–Kier alpha value is -0.570. The normalized spacial score (nSPS) is 46.6. The van der Waals surface area contributed by atoms with Gasteiger partial charge in [-0.25, -0.2) is 0 Å². The summed E-state index contributed by atoms with van der Waals surface area (Å²) in [6.07, 6.45) is 8.37. The minimum absolute atomic E-state index is 0.0200. The highest BCUT2D eigenvalue weighted by atomic mass is 16.5. The summed E-state index contributed by atoms with van der Waals surface area (Å²) >= 11 is 0. The van der Waals surface area contributed by atoms with Gasteiger partial charge in [-0.2, -0.15) is 0 Å². The number of esters is 1. The zero-order chi connectivity index (χ0) is 12.8. The molecular weight excluding hydrogens is 226 g/mol. The lowest BCUT2D eigenvalue weighted by molar-refractivity contribution is -0.151. The van der Waals surface area contributed by atoms with E-state index >= 15 is 0 Å². The number of rotatable bonds is 2. The van der Waals surface area contributed by atoms with Crippen LogP contribution in [0.1, 0.15) is 51.9 Å². The molecule has 5 atom stereocenters. The third-order valence-electron chi connectivity index (χ3n) is 5.90. The Morgan fingerprint density at radius 1 is 1.39 bits per heavy atom. The summed E-state index contributed by atoms with van der Waals surface area (Å²) in [7, 11) is 0. The van der Waals surface area contributed by atoms with E-state index in [0.717, 1.165) is 31.1 Å². The van der Waals surface area contributed by atoms with Crippen LogP contribution in [0.5, 0.6) is 0 Å². The Bertz CT molecular complexity index is 339. The van der Waals surface area contributed by atoms with Crippen LogP contribution in [0.2, 0.25) is 0 Å². The monoisotopic (exact) mass is 251 g/mol. The Kier molecular flexibility index (Phi) is 3.13. The molecule has 18 heavy (non-hydrogen) atoms. The van der Waals surface area contributed by atoms with Crippen LogP contribution in [0.4, 0.5) is 0 Å². The van der Waals surface area contributed by atoms with E-state index < -0.39 is 0 Å². The third-order valence-corrected chi connectivity index (χ3v) is 5.90. The predicted molar refractivity (Wildman–Crippen MR) is 69.8 cm³/mol. The zero-order valence-corrected chi connectivity index (χ0v) is 11.4. The molecule has 0 amide bonds. The van der Waals surface area contributed by atoms with Gasteiger partial charge in [-0.05, 0) is 62.7 Å². The van der Waals surface area contributed by atoms with Gasteiger partial charge < -0.3 is 10.5 Å². The molecular formula is C15H25NO2. The summed E-state index contributed by atoms with van der Waals surface area (Å²) in [5, 5.41) is 0. The number of nitrogens with two attached hydrogens (primary N) is 1. The van der Waals surface area contributed by atoms with Gasteiger partial charge in [-0.1, -0.05) is 6.42 Å². The predicted octanol–water partition coefficient (Wildman–Crippen LogP) is 2.48. The first-order chi connectivity index (χ1) is 8.67. The number of ether oxygens (including phenoxy) is 1. The quantitative estimate of drug-likeness (QED) is 0.767. The van der Waals surface area contributed by atoms with Gasteiger partial charge in [-0.15, -0.1) is 0 Å². The van der Waals surface area contributed by atoms with Gasteiger partial charge in [0.15, 0.2) is 0 Å². The molecule has 3 heteroatoms. The minimum atomic E-state index is 0.0200. The van der Waals surface area contributed by atoms with Crippen molar-refractivity contribution in [2.75, 3.05) is 6.61 Å². The number of carbonyl (C=O) groups is 1. The van der Waals surface area contributed by atoms with E-state index in [9.17, 15) is 4.79 Å². The highest BCUT2D eigenvalue weighted by Crippen LogP contribution is 2.61. The van der Waals surface area contributed by atoms with Crippen LogP contribution < -0.4 is 5.73 Å². The standard InChI is InChI=1S/C15H25NO2/c1-2-18-14(17)11-4-3-7-15(9-11)12-6-5-10(8-12)13(15)16/h10-13H,2-9,16H2,1H3/t10-,11+,12+,13+,15+/m1/s1. The SMILES string of the molecule is CCOC(=O)[C@H]1CCC[C@]2(C1)[C@H]1CC[C@H](C1)[C@@H]2N. The van der Waals surface area contributed by atoms with E-state index in [1.807, 2.05) is 6.92 Å². The fraction of sp³-hybridized carbons (Fsp3) is 0.933. The Morgan fingerprint density at radius 3 is 2.89 bits per heavy atom. The van der Waals surface area contributed by atoms with Crippen molar-refractivity contribution in [1.29, 1.82) is 0 Å². The molecule has 0 aromatic carbocycles. The largest absolute Gasteiger partial charge is 0.466 e. The molecule has 0 unspecified atom stereocenters. The van der Waals surface area contributed by atoms with E-state index in [4.69, 9.17) is 10.5 Å². The molecule has 0 aromatic heterocycles. The third kappa shape index (κ3) is 1.70. The van der Waals surface area contributed by atoms with Crippen molar-refractivity contribution in [1.82, 2.24) is 0 Å². The van der Waals surface area contributed by atoms with Crippen molar-refractivity contribution in [2.45, 2.75) is 57.9 Å². The maximum atomic E-state index is 12.0. The first-order valence-electron chi connectivity index (χ1n) is 7.59. The minimum Gasteiger partial charge on any atom is -0.466 e. The molecule has 3 fully saturated rings. The Labute approximate surface area is 109 Å². The van der Waals surface area contributed by atoms with Gasteiger partial charge >= 0.3 is 5.97 Å². The van der Waals surface area contributed by atoms with E-state index in [-0.39, 0.29) is 17.3 Å². The van der Waals surface area contributed by atoms with Crippen LogP contribution in [0.15, 0.2) is 0 Å². The lowest BCUT2D eigenvalue weighted by atomic mass is 9.59. The van der Waals surface area contributed by atoms with Crippen LogP contribution in [0.25, 0.3) is 0 Å². The Morgan fingerprint density at radius 2 is 2.22 bits per heavy atom. The van der Waals surface area contributed by atoms with Crippen molar-refractivity contribution in [3.8, 4) is 0 Å². The van der Waals surface area contributed by atoms with Crippen LogP contribution in [-0.4, -0.2) is 18.6 Å². The first kappa shape index (κ1) is 12.5. The van der Waals surface area contributed by atoms with Crippen molar-refractivity contribution >= 4 is 5.97 Å². The van der Waals surface area contributed by atoms with Crippen molar-refractivity contribution in [3.05, 3.63) is 0 Å². The van der Waals surface area contributed by atoms with Crippen molar-refractivity contribution in [3.63, 3.8) is 0 Å². The van der Waals surface area contributed by atoms with Crippen molar-refractivity contribution < 1.29 is 9.53 Å². The van der Waals surface area contributed by atoms with Gasteiger partial charge in [0.1, 0.15) is 0 Å². The molecule has 3 aliphatic carbocycles. The van der Waals surface area contributed by atoms with Gasteiger partial charge in [0, 0.05) is 6.04 Å². The van der Waals surface area contributed by atoms with Gasteiger partial charge in [0.25, 0.3) is 0 Å². The van der Waals surface area contributed by atoms with Gasteiger partial charge in [-0.3, -0.25) is 4.79 Å². The smallest absolute Gasteiger partial charge is 0.308 e. The van der Waals surface area contributed by atoms with E-state index in [0.29, 0.717) is 12.6 Å². The van der Waals surface area contributed by atoms with Crippen LogP contribution >= 0.6 is 0 Å². The zero-order valence-electron chi connectivity index (χ0n) is 11.4. The van der Waals surface area contributed by atoms with Crippen LogP contribution in [-0.2, 0) is 9.53 Å². The van der Waals surface area contributed by atoms with E-state index in [1.165, 1.54) is 25.7 Å². The topological polar surface area (TPSA) is 52.3 Å². The molecule has 2 bridgehead atoms. The van der Waals surface area contributed by atoms with Crippen LogP contribution in [0.3, 0.4) is 0 Å². The summed E-state index contributed by atoms with van der Waals surface area (Å²) in [6.45, 7) is 2.39. The summed E-state index contributed by atoms with van der Waals surface area (Å²) < 4.78 is 5.22. The molecule has 0 saturated heterocycles. The number of hydrogen-bond donors (Lipinski definition) is 1. The summed E-state index contributed by atoms with van der Waals surface area (Å²) in [5.41, 5.74) is 6.79. The lowest BCUT2D eigenvalue weighted by Gasteiger charge is -2.47. The molecule has 3 rings (SSSR count). The second kappa shape index (κ2) is 4.52. The number of carbonyl (C=O) groups excluding carboxylic acids is 1. The molecule has 2 N–H and O–H groups in total. The maximum Gasteiger partial charge on any atom is 0.308 e. The maximum absolute atomic E-state index is 12.0. The first-order valence-corrected chi connectivity index (χ1v) is 7.59. The van der Waals surface area contributed by atoms with E-state index in [1.54, 1.807) is 0 Å². The number of fused-ring (bicyclic) bond motifs is 3. The number of hydrogen-bond acceptors (Lipinski definition) is 3. The molecule has 1 spiro atoms. The lowest BCUT2D eigenvalue weighted by Crippen LogP contribution is -2.49. The Balaban J connectivity index is 1.75. The van der Waals surface area contributed by atoms with Crippen LogP contribution in [0, 0.1) is 23.2 Å². The highest BCUT2D eigenvalue weighted by Gasteiger charge is 2.58. The second-order valence-electron chi connectivity index (χ2n) is 6.57. The van der Waals surface area contributed by atoms with Crippen molar-refractivity contribution in [2.24, 2.45) is 28.9 Å².